The summed E-state index contributed by atoms with van der Waals surface area (Å²) in [7, 11) is 0. The lowest BCUT2D eigenvalue weighted by Gasteiger charge is -2.07. The van der Waals surface area contributed by atoms with Gasteiger partial charge in [0.25, 0.3) is 0 Å². The van der Waals surface area contributed by atoms with Gasteiger partial charge >= 0.3 is 0 Å². The Labute approximate surface area is 120 Å². The van der Waals surface area contributed by atoms with Gasteiger partial charge in [-0.3, -0.25) is 0 Å². The fourth-order valence-corrected chi connectivity index (χ4v) is 2.89. The molecule has 6 heteroatoms. The van der Waals surface area contributed by atoms with Crippen LogP contribution in [0, 0.1) is 0 Å². The van der Waals surface area contributed by atoms with E-state index in [0.29, 0.717) is 6.42 Å². The molecular formula is C14H14N4OS. The number of amidine groups is 1. The van der Waals surface area contributed by atoms with Crippen molar-refractivity contribution in [3.05, 3.63) is 52.5 Å². The number of fused-ring (bicyclic) bond motifs is 1. The summed E-state index contributed by atoms with van der Waals surface area (Å²) in [5.74, 6) is 0.961. The van der Waals surface area contributed by atoms with Crippen molar-refractivity contribution >= 4 is 28.2 Å². The molecule has 2 heterocycles. The van der Waals surface area contributed by atoms with Gasteiger partial charge in [-0.05, 0) is 23.6 Å². The van der Waals surface area contributed by atoms with Crippen molar-refractivity contribution in [1.29, 1.82) is 0 Å². The second kappa shape index (κ2) is 5.34. The standard InChI is InChI=1S/C14H14N4OS/c15-13(17-19)8-14-16-11-5-1-2-6-12(11)18(14)9-10-4-3-7-20-10/h1-7,19H,8-9H2,(H2,15,17). The van der Waals surface area contributed by atoms with Crippen molar-refractivity contribution in [2.45, 2.75) is 13.0 Å². The Hall–Kier alpha value is -2.34. The lowest BCUT2D eigenvalue weighted by molar-refractivity contribution is 0.317. The van der Waals surface area contributed by atoms with Gasteiger partial charge in [-0.15, -0.1) is 11.3 Å². The molecule has 3 rings (SSSR count). The molecule has 0 radical (unpaired) electrons. The molecule has 2 aromatic heterocycles. The lowest BCUT2D eigenvalue weighted by Crippen LogP contribution is -2.18. The number of aromatic nitrogens is 2. The molecule has 0 fully saturated rings. The molecule has 0 saturated carbocycles. The molecule has 3 N–H and O–H groups in total. The summed E-state index contributed by atoms with van der Waals surface area (Å²) in [6.07, 6.45) is 0.330. The van der Waals surface area contributed by atoms with E-state index in [9.17, 15) is 0 Å². The first-order chi connectivity index (χ1) is 9.78. The highest BCUT2D eigenvalue weighted by Crippen LogP contribution is 2.20. The summed E-state index contributed by atoms with van der Waals surface area (Å²) >= 11 is 1.70. The summed E-state index contributed by atoms with van der Waals surface area (Å²) in [6.45, 7) is 0.742. The van der Waals surface area contributed by atoms with Crippen LogP contribution < -0.4 is 5.73 Å². The number of oxime groups is 1. The maximum Gasteiger partial charge on any atom is 0.146 e. The quantitative estimate of drug-likeness (QED) is 0.335. The van der Waals surface area contributed by atoms with Crippen LogP contribution in [0.5, 0.6) is 0 Å². The van der Waals surface area contributed by atoms with E-state index in [-0.39, 0.29) is 5.84 Å². The maximum atomic E-state index is 8.75. The minimum absolute atomic E-state index is 0.160. The van der Waals surface area contributed by atoms with Crippen molar-refractivity contribution in [1.82, 2.24) is 9.55 Å². The third kappa shape index (κ3) is 2.37. The van der Waals surface area contributed by atoms with Gasteiger partial charge in [-0.1, -0.05) is 23.4 Å². The Morgan fingerprint density at radius 3 is 2.90 bits per heavy atom. The van der Waals surface area contributed by atoms with Gasteiger partial charge in [0.1, 0.15) is 11.7 Å². The summed E-state index contributed by atoms with van der Waals surface area (Å²) in [5.41, 5.74) is 7.60. The van der Waals surface area contributed by atoms with Crippen LogP contribution in [-0.2, 0) is 13.0 Å². The Kier molecular flexibility index (Phi) is 3.39. The summed E-state index contributed by atoms with van der Waals surface area (Å²) in [4.78, 5) is 5.82. The molecule has 3 aromatic rings. The first kappa shape index (κ1) is 12.7. The second-order valence-corrected chi connectivity index (χ2v) is 5.48. The summed E-state index contributed by atoms with van der Waals surface area (Å²) < 4.78 is 2.11. The first-order valence-electron chi connectivity index (χ1n) is 6.21. The van der Waals surface area contributed by atoms with Gasteiger partial charge < -0.3 is 15.5 Å². The topological polar surface area (TPSA) is 76.4 Å². The number of imidazole rings is 1. The molecule has 0 aliphatic carbocycles. The van der Waals surface area contributed by atoms with Crippen LogP contribution >= 0.6 is 11.3 Å². The molecule has 0 saturated heterocycles. The number of thiophene rings is 1. The van der Waals surface area contributed by atoms with Gasteiger partial charge in [0.2, 0.25) is 0 Å². The normalized spacial score (nSPS) is 12.1. The largest absolute Gasteiger partial charge is 0.409 e. The van der Waals surface area contributed by atoms with E-state index in [0.717, 1.165) is 23.4 Å². The van der Waals surface area contributed by atoms with E-state index in [4.69, 9.17) is 10.9 Å². The highest BCUT2D eigenvalue weighted by molar-refractivity contribution is 7.09. The summed E-state index contributed by atoms with van der Waals surface area (Å²) in [5, 5.41) is 13.8. The van der Waals surface area contributed by atoms with Gasteiger partial charge in [0, 0.05) is 4.88 Å². The van der Waals surface area contributed by atoms with Gasteiger partial charge in [0.15, 0.2) is 0 Å². The van der Waals surface area contributed by atoms with Crippen LogP contribution in [-0.4, -0.2) is 20.6 Å². The molecule has 1 aromatic carbocycles. The van der Waals surface area contributed by atoms with Gasteiger partial charge in [-0.2, -0.15) is 0 Å². The number of hydrogen-bond acceptors (Lipinski definition) is 4. The maximum absolute atomic E-state index is 8.75. The van der Waals surface area contributed by atoms with E-state index >= 15 is 0 Å². The van der Waals surface area contributed by atoms with Crippen molar-refractivity contribution in [2.24, 2.45) is 10.9 Å². The minimum atomic E-state index is 0.160. The fourth-order valence-electron chi connectivity index (χ4n) is 2.19. The molecule has 20 heavy (non-hydrogen) atoms. The summed E-state index contributed by atoms with van der Waals surface area (Å²) in [6, 6.07) is 12.1. The predicted octanol–water partition coefficient (Wildman–Crippen LogP) is 2.44. The molecule has 0 aliphatic heterocycles. The number of para-hydroxylation sites is 2. The molecule has 0 unspecified atom stereocenters. The van der Waals surface area contributed by atoms with Crippen LogP contribution in [0.2, 0.25) is 0 Å². The fraction of sp³-hybridized carbons (Fsp3) is 0.143. The van der Waals surface area contributed by atoms with Gasteiger partial charge in [-0.25, -0.2) is 4.98 Å². The SMILES string of the molecule is NC(Cc1nc2ccccc2n1Cc1cccs1)=NO. The van der Waals surface area contributed by atoms with Gasteiger partial charge in [0.05, 0.1) is 24.0 Å². The molecule has 0 amide bonds. The van der Waals surface area contributed by atoms with Crippen LogP contribution in [0.25, 0.3) is 11.0 Å². The first-order valence-corrected chi connectivity index (χ1v) is 7.09. The van der Waals surface area contributed by atoms with E-state index in [1.165, 1.54) is 4.88 Å². The number of nitrogens with zero attached hydrogens (tertiary/aromatic N) is 3. The van der Waals surface area contributed by atoms with E-state index in [1.807, 2.05) is 30.3 Å². The second-order valence-electron chi connectivity index (χ2n) is 4.45. The number of rotatable bonds is 4. The molecular weight excluding hydrogens is 272 g/mol. The van der Waals surface area contributed by atoms with Crippen LogP contribution in [0.15, 0.2) is 46.9 Å². The zero-order chi connectivity index (χ0) is 13.9. The smallest absolute Gasteiger partial charge is 0.146 e. The molecule has 0 spiro atoms. The van der Waals surface area contributed by atoms with Crippen molar-refractivity contribution in [3.63, 3.8) is 0 Å². The molecule has 0 atom stereocenters. The predicted molar refractivity (Wildman–Crippen MR) is 80.3 cm³/mol. The zero-order valence-corrected chi connectivity index (χ0v) is 11.5. The minimum Gasteiger partial charge on any atom is -0.409 e. The van der Waals surface area contributed by atoms with E-state index in [1.54, 1.807) is 11.3 Å². The lowest BCUT2D eigenvalue weighted by atomic mass is 10.3. The number of nitrogens with two attached hydrogens (primary N) is 1. The highest BCUT2D eigenvalue weighted by atomic mass is 32.1. The van der Waals surface area contributed by atoms with Crippen molar-refractivity contribution in [2.75, 3.05) is 0 Å². The number of benzene rings is 1. The van der Waals surface area contributed by atoms with Crippen LogP contribution in [0.4, 0.5) is 0 Å². The average Bonchev–Trinajstić information content (AvgIpc) is 3.08. The third-order valence-electron chi connectivity index (χ3n) is 3.10. The van der Waals surface area contributed by atoms with Crippen LogP contribution in [0.3, 0.4) is 0 Å². The Balaban J connectivity index is 2.07. The van der Waals surface area contributed by atoms with E-state index in [2.05, 4.69) is 26.2 Å². The van der Waals surface area contributed by atoms with Crippen molar-refractivity contribution < 1.29 is 5.21 Å². The molecule has 5 nitrogen and oxygen atoms in total. The van der Waals surface area contributed by atoms with Crippen molar-refractivity contribution in [3.8, 4) is 0 Å². The molecule has 0 aliphatic rings. The monoisotopic (exact) mass is 286 g/mol. The highest BCUT2D eigenvalue weighted by Gasteiger charge is 2.12. The Morgan fingerprint density at radius 1 is 1.30 bits per heavy atom. The number of hydrogen-bond donors (Lipinski definition) is 2. The van der Waals surface area contributed by atoms with Crippen LogP contribution in [0.1, 0.15) is 10.7 Å². The Bertz CT molecular complexity index is 746. The molecule has 102 valence electrons. The molecule has 0 bridgehead atoms. The average molecular weight is 286 g/mol. The van der Waals surface area contributed by atoms with E-state index < -0.39 is 0 Å². The zero-order valence-electron chi connectivity index (χ0n) is 10.7. The Morgan fingerprint density at radius 2 is 2.15 bits per heavy atom. The third-order valence-corrected chi connectivity index (χ3v) is 3.96.